The van der Waals surface area contributed by atoms with Gasteiger partial charge in [-0.25, -0.2) is 4.39 Å². The van der Waals surface area contributed by atoms with Gasteiger partial charge in [-0.15, -0.1) is 0 Å². The molecule has 0 radical (unpaired) electrons. The van der Waals surface area contributed by atoms with Crippen LogP contribution in [0.25, 0.3) is 0 Å². The predicted molar refractivity (Wildman–Crippen MR) is 67.9 cm³/mol. The fraction of sp³-hybridized carbons (Fsp3) is 0.500. The first-order valence-corrected chi connectivity index (χ1v) is 6.30. The Hall–Kier alpha value is -1.50. The Morgan fingerprint density at radius 2 is 2.25 bits per heavy atom. The average Bonchev–Trinajstić information content (AvgIpc) is 2.69. The van der Waals surface area contributed by atoms with Crippen molar-refractivity contribution in [2.45, 2.75) is 38.3 Å². The fourth-order valence-electron chi connectivity index (χ4n) is 2.12. The number of phenols is 1. The summed E-state index contributed by atoms with van der Waals surface area (Å²) in [5.74, 6) is -2.74. The highest BCUT2D eigenvalue weighted by atomic mass is 19.1. The zero-order chi connectivity index (χ0) is 14.9. The van der Waals surface area contributed by atoms with Crippen molar-refractivity contribution in [3.63, 3.8) is 0 Å². The van der Waals surface area contributed by atoms with Crippen molar-refractivity contribution in [1.29, 1.82) is 0 Å². The Balaban J connectivity index is 2.05. The number of aliphatic hydroxyl groups excluding tert-OH is 1. The third kappa shape index (κ3) is 3.15. The largest absolute Gasteiger partial charge is 0.507 e. The van der Waals surface area contributed by atoms with Gasteiger partial charge < -0.3 is 19.7 Å². The Labute approximate surface area is 115 Å². The number of benzene rings is 1. The van der Waals surface area contributed by atoms with Gasteiger partial charge in [-0.05, 0) is 26.0 Å². The fourth-order valence-corrected chi connectivity index (χ4v) is 2.12. The second-order valence-corrected chi connectivity index (χ2v) is 5.20. The van der Waals surface area contributed by atoms with Crippen LogP contribution < -0.4 is 0 Å². The molecule has 1 aliphatic heterocycles. The number of ether oxygens (including phenoxy) is 2. The van der Waals surface area contributed by atoms with E-state index in [0.717, 1.165) is 6.07 Å². The van der Waals surface area contributed by atoms with Crippen LogP contribution in [0.15, 0.2) is 18.2 Å². The molecule has 2 atom stereocenters. The third-order valence-corrected chi connectivity index (χ3v) is 3.12. The molecule has 0 bridgehead atoms. The van der Waals surface area contributed by atoms with Gasteiger partial charge in [0.05, 0.1) is 18.3 Å². The van der Waals surface area contributed by atoms with E-state index in [4.69, 9.17) is 9.47 Å². The second-order valence-electron chi connectivity index (χ2n) is 5.20. The van der Waals surface area contributed by atoms with Crippen LogP contribution in [0.5, 0.6) is 5.75 Å². The van der Waals surface area contributed by atoms with Gasteiger partial charge >= 0.3 is 0 Å². The maximum atomic E-state index is 13.5. The number of aromatic hydroxyl groups is 1. The van der Waals surface area contributed by atoms with Crippen LogP contribution in [0.2, 0.25) is 0 Å². The summed E-state index contributed by atoms with van der Waals surface area (Å²) < 4.78 is 24.3. The molecule has 5 nitrogen and oxygen atoms in total. The quantitative estimate of drug-likeness (QED) is 0.822. The Morgan fingerprint density at radius 1 is 1.55 bits per heavy atom. The van der Waals surface area contributed by atoms with Crippen molar-refractivity contribution in [2.24, 2.45) is 0 Å². The van der Waals surface area contributed by atoms with Crippen molar-refractivity contribution in [1.82, 2.24) is 0 Å². The van der Waals surface area contributed by atoms with Crippen molar-refractivity contribution < 1.29 is 28.9 Å². The van der Waals surface area contributed by atoms with E-state index in [2.05, 4.69) is 0 Å². The van der Waals surface area contributed by atoms with E-state index in [1.54, 1.807) is 13.8 Å². The molecule has 1 aliphatic rings. The monoisotopic (exact) mass is 284 g/mol. The first-order chi connectivity index (χ1) is 9.30. The molecule has 0 aromatic heterocycles. The highest BCUT2D eigenvalue weighted by molar-refractivity contribution is 5.99. The van der Waals surface area contributed by atoms with Crippen LogP contribution in [0.1, 0.15) is 30.6 Å². The van der Waals surface area contributed by atoms with Gasteiger partial charge in [0.2, 0.25) is 0 Å². The highest BCUT2D eigenvalue weighted by Gasteiger charge is 2.37. The molecule has 1 aromatic carbocycles. The van der Waals surface area contributed by atoms with E-state index in [9.17, 15) is 19.4 Å². The lowest BCUT2D eigenvalue weighted by Gasteiger charge is -2.20. The zero-order valence-corrected chi connectivity index (χ0v) is 11.3. The number of Topliss-reactive ketones (excluding diaryl/α,β-unsaturated/α-hetero) is 1. The summed E-state index contributed by atoms with van der Waals surface area (Å²) in [6.45, 7) is 3.55. The van der Waals surface area contributed by atoms with E-state index >= 15 is 0 Å². The molecule has 1 heterocycles. The summed E-state index contributed by atoms with van der Waals surface area (Å²) in [6.07, 6.45) is -2.12. The van der Waals surface area contributed by atoms with Crippen LogP contribution in [0.3, 0.4) is 0 Å². The molecule has 2 N–H and O–H groups in total. The second kappa shape index (κ2) is 5.47. The molecule has 1 fully saturated rings. The minimum atomic E-state index is -1.12. The summed E-state index contributed by atoms with van der Waals surface area (Å²) in [4.78, 5) is 12.0. The van der Waals surface area contributed by atoms with E-state index in [0.29, 0.717) is 0 Å². The van der Waals surface area contributed by atoms with Crippen LogP contribution in [-0.2, 0) is 9.47 Å². The van der Waals surface area contributed by atoms with Gasteiger partial charge in [-0.1, -0.05) is 6.07 Å². The molecular formula is C14H17FO5. The normalized spacial score (nSPS) is 22.7. The van der Waals surface area contributed by atoms with Gasteiger partial charge in [0.25, 0.3) is 0 Å². The lowest BCUT2D eigenvalue weighted by atomic mass is 10.0. The molecule has 0 saturated carbocycles. The summed E-state index contributed by atoms with van der Waals surface area (Å²) in [5.41, 5.74) is -0.412. The first-order valence-electron chi connectivity index (χ1n) is 6.30. The zero-order valence-electron chi connectivity index (χ0n) is 11.3. The molecule has 2 rings (SSSR count). The summed E-state index contributed by atoms with van der Waals surface area (Å²) in [7, 11) is 0. The molecule has 0 spiro atoms. The molecule has 1 aromatic rings. The standard InChI is InChI=1S/C14H17FO5/c1-14(2)19-7-12(20-14)10(17)6-11(18)13-8(15)4-3-5-9(13)16/h3-5,10,12,16-17H,6-7H2,1-2H3/t10?,12-/m0/s1. The predicted octanol–water partition coefficient (Wildman–Crippen LogP) is 1.62. The Morgan fingerprint density at radius 3 is 2.80 bits per heavy atom. The number of phenolic OH excluding ortho intramolecular Hbond substituents is 1. The van der Waals surface area contributed by atoms with Crippen molar-refractivity contribution in [2.75, 3.05) is 6.61 Å². The lowest BCUT2D eigenvalue weighted by Crippen LogP contribution is -2.32. The van der Waals surface area contributed by atoms with Crippen LogP contribution in [0.4, 0.5) is 4.39 Å². The first kappa shape index (κ1) is 14.9. The van der Waals surface area contributed by atoms with E-state index in [-0.39, 0.29) is 13.0 Å². The lowest BCUT2D eigenvalue weighted by molar-refractivity contribution is -0.150. The van der Waals surface area contributed by atoms with Gasteiger partial charge in [0.15, 0.2) is 11.6 Å². The van der Waals surface area contributed by atoms with Gasteiger partial charge in [0, 0.05) is 6.42 Å². The minimum absolute atomic E-state index is 0.157. The average molecular weight is 284 g/mol. The SMILES string of the molecule is CC1(C)OC[C@@H](C(O)CC(=O)c2c(O)cccc2F)O1. The topological polar surface area (TPSA) is 76.0 Å². The molecule has 0 amide bonds. The molecule has 0 aliphatic carbocycles. The van der Waals surface area contributed by atoms with Gasteiger partial charge in [-0.3, -0.25) is 4.79 Å². The van der Waals surface area contributed by atoms with Crippen LogP contribution in [0, 0.1) is 5.82 Å². The van der Waals surface area contributed by atoms with Gasteiger partial charge in [0.1, 0.15) is 17.7 Å². The number of carbonyl (C=O) groups excluding carboxylic acids is 1. The maximum Gasteiger partial charge on any atom is 0.172 e. The van der Waals surface area contributed by atoms with E-state index in [1.807, 2.05) is 0 Å². The van der Waals surface area contributed by atoms with E-state index in [1.165, 1.54) is 12.1 Å². The minimum Gasteiger partial charge on any atom is -0.507 e. The number of ketones is 1. The highest BCUT2D eigenvalue weighted by Crippen LogP contribution is 2.27. The molecule has 20 heavy (non-hydrogen) atoms. The maximum absolute atomic E-state index is 13.5. The van der Waals surface area contributed by atoms with Crippen LogP contribution >= 0.6 is 0 Å². The molecule has 1 saturated heterocycles. The smallest absolute Gasteiger partial charge is 0.172 e. The number of hydrogen-bond acceptors (Lipinski definition) is 5. The molecular weight excluding hydrogens is 267 g/mol. The molecule has 110 valence electrons. The Bertz CT molecular complexity index is 494. The van der Waals surface area contributed by atoms with E-state index < -0.39 is 40.9 Å². The number of hydrogen-bond donors (Lipinski definition) is 2. The summed E-state index contributed by atoms with van der Waals surface area (Å²) in [6, 6.07) is 3.60. The summed E-state index contributed by atoms with van der Waals surface area (Å²) in [5, 5.41) is 19.5. The summed E-state index contributed by atoms with van der Waals surface area (Å²) >= 11 is 0. The molecule has 1 unspecified atom stereocenters. The van der Waals surface area contributed by atoms with Crippen molar-refractivity contribution in [3.05, 3.63) is 29.6 Å². The van der Waals surface area contributed by atoms with Gasteiger partial charge in [-0.2, -0.15) is 0 Å². The number of halogens is 1. The third-order valence-electron chi connectivity index (χ3n) is 3.12. The van der Waals surface area contributed by atoms with Crippen LogP contribution in [-0.4, -0.2) is 40.6 Å². The van der Waals surface area contributed by atoms with Crippen molar-refractivity contribution >= 4 is 5.78 Å². The number of rotatable bonds is 4. The molecule has 6 heteroatoms. The van der Waals surface area contributed by atoms with Crippen molar-refractivity contribution in [3.8, 4) is 5.75 Å². The Kier molecular flexibility index (Phi) is 4.08. The number of carbonyl (C=O) groups is 1. The number of aliphatic hydroxyl groups is 1.